The van der Waals surface area contributed by atoms with Gasteiger partial charge in [-0.2, -0.15) is 0 Å². The van der Waals surface area contributed by atoms with Crippen LogP contribution in [0.25, 0.3) is 0 Å². The number of ether oxygens (including phenoxy) is 4. The van der Waals surface area contributed by atoms with Crippen molar-refractivity contribution in [3.63, 3.8) is 0 Å². The van der Waals surface area contributed by atoms with Crippen molar-refractivity contribution < 1.29 is 58.2 Å². The molecule has 18 nitrogen and oxygen atoms in total. The van der Waals surface area contributed by atoms with Gasteiger partial charge in [0.2, 0.25) is 0 Å². The number of amides is 2. The second-order valence-electron chi connectivity index (χ2n) is 11.6. The number of carbonyl (C=O) groups excluding carboxylic acids is 2. The SMILES string of the molecule is C/C=C/C1=CN(C(=O)c2cc(OC)c(OCCCOc3cc([N+](=O)[O-])c(C(=O)N4C=C(/C=C/C)CC4C(=O)O)cc3OC)cc2[N+](=O)[O-])C(C(=O)O)C1. The van der Waals surface area contributed by atoms with Crippen LogP contribution in [-0.4, -0.2) is 93.1 Å². The number of carboxylic acids is 2. The summed E-state index contributed by atoms with van der Waals surface area (Å²) < 4.78 is 22.1. The average molecular weight is 737 g/mol. The van der Waals surface area contributed by atoms with Gasteiger partial charge in [0.15, 0.2) is 23.0 Å². The largest absolute Gasteiger partial charge is 0.493 e. The molecule has 2 amide bonds. The molecule has 2 aromatic rings. The van der Waals surface area contributed by atoms with Crippen LogP contribution >= 0.6 is 0 Å². The lowest BCUT2D eigenvalue weighted by atomic mass is 10.1. The van der Waals surface area contributed by atoms with Gasteiger partial charge in [-0.3, -0.25) is 39.6 Å². The lowest BCUT2D eigenvalue weighted by molar-refractivity contribution is -0.385. The number of carboxylic acid groups (broad SMARTS) is 2. The maximum atomic E-state index is 13.4. The number of nitro benzene ring substituents is 2. The first-order valence-electron chi connectivity index (χ1n) is 16.0. The summed E-state index contributed by atoms with van der Waals surface area (Å²) in [7, 11) is 2.50. The van der Waals surface area contributed by atoms with Gasteiger partial charge in [0, 0.05) is 43.8 Å². The molecule has 0 saturated heterocycles. The predicted octanol–water partition coefficient (Wildman–Crippen LogP) is 4.89. The maximum absolute atomic E-state index is 13.4. The van der Waals surface area contributed by atoms with E-state index in [1.165, 1.54) is 26.6 Å². The van der Waals surface area contributed by atoms with E-state index in [2.05, 4.69) is 0 Å². The number of nitrogens with zero attached hydrogens (tertiary/aromatic N) is 4. The molecule has 2 aliphatic heterocycles. The number of nitro groups is 2. The molecule has 280 valence electrons. The lowest BCUT2D eigenvalue weighted by Crippen LogP contribution is -2.38. The number of aliphatic carboxylic acids is 2. The van der Waals surface area contributed by atoms with E-state index in [0.29, 0.717) is 11.1 Å². The van der Waals surface area contributed by atoms with Gasteiger partial charge in [-0.1, -0.05) is 24.3 Å². The fraction of sp³-hybridized carbons (Fsp3) is 0.314. The third-order valence-corrected chi connectivity index (χ3v) is 8.16. The van der Waals surface area contributed by atoms with E-state index in [9.17, 15) is 49.6 Å². The van der Waals surface area contributed by atoms with Crippen LogP contribution in [0.3, 0.4) is 0 Å². The molecule has 2 aromatic carbocycles. The normalized spacial score (nSPS) is 16.8. The van der Waals surface area contributed by atoms with Gasteiger partial charge >= 0.3 is 11.9 Å². The van der Waals surface area contributed by atoms with E-state index in [0.717, 1.165) is 34.1 Å². The van der Waals surface area contributed by atoms with Crippen molar-refractivity contribution in [2.24, 2.45) is 0 Å². The molecule has 4 rings (SSSR count). The van der Waals surface area contributed by atoms with Gasteiger partial charge in [0.05, 0.1) is 49.4 Å². The Morgan fingerprint density at radius 1 is 0.717 bits per heavy atom. The minimum absolute atomic E-state index is 0.0163. The van der Waals surface area contributed by atoms with E-state index >= 15 is 0 Å². The molecular weight excluding hydrogens is 700 g/mol. The van der Waals surface area contributed by atoms with Crippen LogP contribution in [0.2, 0.25) is 0 Å². The Hall–Kier alpha value is -6.72. The molecule has 2 atom stereocenters. The maximum Gasteiger partial charge on any atom is 0.327 e. The summed E-state index contributed by atoms with van der Waals surface area (Å²) in [5.41, 5.74) is -1.03. The van der Waals surface area contributed by atoms with E-state index < -0.39 is 68.2 Å². The number of benzene rings is 2. The molecule has 0 aromatic heterocycles. The summed E-state index contributed by atoms with van der Waals surface area (Å²) in [6, 6.07) is 1.63. The second kappa shape index (κ2) is 17.0. The standard InChI is InChI=1S/C35H36N4O14/c1-5-8-20-12-26(34(42)43)36(18-20)32(40)22-14-28(50-3)30(16-24(22)38(46)47)52-10-7-11-53-31-17-25(39(48)49)23(15-29(31)51-4)33(41)37-19-21(9-6-2)13-27(37)35(44)45/h5-6,8-9,14-19,26-27H,7,10-13H2,1-4H3,(H,42,43)(H,44,45)/b8-5+,9-6+. The van der Waals surface area contributed by atoms with Crippen molar-refractivity contribution in [1.82, 2.24) is 9.80 Å². The molecular formula is C35H36N4O14. The Morgan fingerprint density at radius 3 is 1.40 bits per heavy atom. The van der Waals surface area contributed by atoms with Crippen LogP contribution in [0.15, 0.2) is 72.1 Å². The van der Waals surface area contributed by atoms with Crippen LogP contribution in [0, 0.1) is 20.2 Å². The number of hydrogen-bond acceptors (Lipinski definition) is 12. The highest BCUT2D eigenvalue weighted by Gasteiger charge is 2.39. The molecule has 0 radical (unpaired) electrons. The van der Waals surface area contributed by atoms with Crippen molar-refractivity contribution in [3.8, 4) is 23.0 Å². The molecule has 53 heavy (non-hydrogen) atoms. The third-order valence-electron chi connectivity index (χ3n) is 8.16. The third kappa shape index (κ3) is 8.61. The molecule has 2 unspecified atom stereocenters. The van der Waals surface area contributed by atoms with Gasteiger partial charge in [-0.15, -0.1) is 0 Å². The van der Waals surface area contributed by atoms with E-state index in [1.54, 1.807) is 38.2 Å². The number of carbonyl (C=O) groups is 4. The molecule has 18 heteroatoms. The number of allylic oxidation sites excluding steroid dienone is 4. The van der Waals surface area contributed by atoms with Crippen molar-refractivity contribution >= 4 is 35.1 Å². The fourth-order valence-electron chi connectivity index (χ4n) is 5.74. The fourth-order valence-corrected chi connectivity index (χ4v) is 5.74. The smallest absolute Gasteiger partial charge is 0.327 e. The molecule has 2 heterocycles. The molecule has 2 N–H and O–H groups in total. The van der Waals surface area contributed by atoms with Crippen LogP contribution < -0.4 is 18.9 Å². The summed E-state index contributed by atoms with van der Waals surface area (Å²) >= 11 is 0. The number of rotatable bonds is 16. The number of methoxy groups -OCH3 is 2. The Balaban J connectivity index is 1.50. The zero-order valence-corrected chi connectivity index (χ0v) is 29.0. The Kier molecular flexibility index (Phi) is 12.5. The Labute approximate surface area is 302 Å². The first-order chi connectivity index (χ1) is 25.3. The van der Waals surface area contributed by atoms with Crippen molar-refractivity contribution in [2.75, 3.05) is 27.4 Å². The monoisotopic (exact) mass is 736 g/mol. The highest BCUT2D eigenvalue weighted by molar-refractivity contribution is 6.03. The topological polar surface area (TPSA) is 238 Å². The highest BCUT2D eigenvalue weighted by atomic mass is 16.6. The summed E-state index contributed by atoms with van der Waals surface area (Å²) in [6.07, 6.45) is 9.44. The van der Waals surface area contributed by atoms with Crippen LogP contribution in [0.4, 0.5) is 11.4 Å². The predicted molar refractivity (Wildman–Crippen MR) is 185 cm³/mol. The van der Waals surface area contributed by atoms with Crippen LogP contribution in [0.1, 0.15) is 53.8 Å². The van der Waals surface area contributed by atoms with E-state index in [1.807, 2.05) is 0 Å². The van der Waals surface area contributed by atoms with Crippen molar-refractivity contribution in [3.05, 3.63) is 103 Å². The summed E-state index contributed by atoms with van der Waals surface area (Å²) in [6.45, 7) is 3.22. The lowest BCUT2D eigenvalue weighted by Gasteiger charge is -2.21. The van der Waals surface area contributed by atoms with Gasteiger partial charge in [0.25, 0.3) is 23.2 Å². The van der Waals surface area contributed by atoms with Crippen LogP contribution in [0.5, 0.6) is 23.0 Å². The zero-order chi connectivity index (χ0) is 39.0. The Bertz CT molecular complexity index is 1810. The quantitative estimate of drug-likeness (QED) is 0.133. The molecule has 0 fully saturated rings. The minimum Gasteiger partial charge on any atom is -0.493 e. The molecule has 2 aliphatic rings. The van der Waals surface area contributed by atoms with Gasteiger partial charge in [0.1, 0.15) is 23.2 Å². The van der Waals surface area contributed by atoms with Gasteiger partial charge in [-0.25, -0.2) is 9.59 Å². The number of hydrogen-bond donors (Lipinski definition) is 2. The van der Waals surface area contributed by atoms with Crippen molar-refractivity contribution in [1.29, 1.82) is 0 Å². The van der Waals surface area contributed by atoms with Gasteiger partial charge in [-0.05, 0) is 25.0 Å². The first-order valence-corrected chi connectivity index (χ1v) is 16.0. The molecule has 0 spiro atoms. The van der Waals surface area contributed by atoms with E-state index in [-0.39, 0.29) is 55.5 Å². The summed E-state index contributed by atoms with van der Waals surface area (Å²) in [5.74, 6) is -4.69. The van der Waals surface area contributed by atoms with Crippen LogP contribution in [-0.2, 0) is 9.59 Å². The molecule has 0 bridgehead atoms. The zero-order valence-electron chi connectivity index (χ0n) is 29.0. The molecule has 0 saturated carbocycles. The molecule has 0 aliphatic carbocycles. The van der Waals surface area contributed by atoms with Crippen molar-refractivity contribution in [2.45, 2.75) is 45.2 Å². The van der Waals surface area contributed by atoms with Gasteiger partial charge < -0.3 is 29.2 Å². The Morgan fingerprint density at radius 2 is 1.09 bits per heavy atom. The average Bonchev–Trinajstić information content (AvgIpc) is 3.75. The first kappa shape index (κ1) is 39.1. The summed E-state index contributed by atoms with van der Waals surface area (Å²) in [5, 5.41) is 43.4. The second-order valence-corrected chi connectivity index (χ2v) is 11.6. The minimum atomic E-state index is -1.28. The highest BCUT2D eigenvalue weighted by Crippen LogP contribution is 2.39. The summed E-state index contributed by atoms with van der Waals surface area (Å²) in [4.78, 5) is 75.0. The van der Waals surface area contributed by atoms with E-state index in [4.69, 9.17) is 18.9 Å².